The zero-order chi connectivity index (χ0) is 10.8. The Labute approximate surface area is 90.5 Å². The van der Waals surface area contributed by atoms with E-state index in [4.69, 9.17) is 5.73 Å². The minimum absolute atomic E-state index is 0.508. The summed E-state index contributed by atoms with van der Waals surface area (Å²) in [5.74, 6) is 1.02. The second-order valence-electron chi connectivity index (χ2n) is 4.32. The van der Waals surface area contributed by atoms with Crippen molar-refractivity contribution in [2.75, 3.05) is 23.7 Å². The Kier molecular flexibility index (Phi) is 2.77. The highest BCUT2D eigenvalue weighted by Crippen LogP contribution is 2.15. The lowest BCUT2D eigenvalue weighted by atomic mass is 10.1. The van der Waals surface area contributed by atoms with Gasteiger partial charge in [-0.05, 0) is 26.0 Å². The highest BCUT2D eigenvalue weighted by Gasteiger charge is 2.21. The first-order valence-electron chi connectivity index (χ1n) is 5.37. The number of rotatable bonds is 1. The molecule has 1 aromatic heterocycles. The van der Waals surface area contributed by atoms with Crippen molar-refractivity contribution in [1.82, 2.24) is 10.3 Å². The summed E-state index contributed by atoms with van der Waals surface area (Å²) in [6.07, 6.45) is 1.71. The lowest BCUT2D eigenvalue weighted by Gasteiger charge is -2.36. The van der Waals surface area contributed by atoms with Crippen molar-refractivity contribution in [2.24, 2.45) is 0 Å². The predicted molar refractivity (Wildman–Crippen MR) is 62.9 cm³/mol. The Morgan fingerprint density at radius 2 is 2.00 bits per heavy atom. The largest absolute Gasteiger partial charge is 0.397 e. The molecule has 1 fully saturated rings. The van der Waals surface area contributed by atoms with Gasteiger partial charge in [0.2, 0.25) is 0 Å². The molecule has 0 aromatic carbocycles. The van der Waals surface area contributed by atoms with Gasteiger partial charge in [0.25, 0.3) is 0 Å². The number of nitrogens with one attached hydrogen (secondary N) is 1. The van der Waals surface area contributed by atoms with E-state index in [0.717, 1.165) is 24.6 Å². The SMILES string of the molecule is CC1CN(c2ccc(N)cn2)CC(C)N1. The van der Waals surface area contributed by atoms with Crippen LogP contribution in [0.1, 0.15) is 13.8 Å². The quantitative estimate of drug-likeness (QED) is 0.715. The van der Waals surface area contributed by atoms with Crippen LogP contribution in [0, 0.1) is 0 Å². The van der Waals surface area contributed by atoms with Crippen LogP contribution >= 0.6 is 0 Å². The summed E-state index contributed by atoms with van der Waals surface area (Å²) in [5.41, 5.74) is 6.34. The van der Waals surface area contributed by atoms with Crippen molar-refractivity contribution < 1.29 is 0 Å². The molecule has 1 saturated heterocycles. The number of hydrogen-bond acceptors (Lipinski definition) is 4. The van der Waals surface area contributed by atoms with Gasteiger partial charge in [0.05, 0.1) is 11.9 Å². The van der Waals surface area contributed by atoms with Crippen molar-refractivity contribution in [3.05, 3.63) is 18.3 Å². The monoisotopic (exact) mass is 206 g/mol. The molecule has 1 aliphatic heterocycles. The van der Waals surface area contributed by atoms with Gasteiger partial charge in [0, 0.05) is 25.2 Å². The molecule has 0 spiro atoms. The molecule has 1 aliphatic rings. The minimum atomic E-state index is 0.508. The molecular formula is C11H18N4. The third kappa shape index (κ3) is 2.39. The van der Waals surface area contributed by atoms with Crippen molar-refractivity contribution in [1.29, 1.82) is 0 Å². The van der Waals surface area contributed by atoms with E-state index in [0.29, 0.717) is 12.1 Å². The molecule has 15 heavy (non-hydrogen) atoms. The van der Waals surface area contributed by atoms with Crippen LogP contribution < -0.4 is 16.0 Å². The predicted octanol–water partition coefficient (Wildman–Crippen LogP) is 0.850. The topological polar surface area (TPSA) is 54.2 Å². The molecule has 0 radical (unpaired) electrons. The van der Waals surface area contributed by atoms with E-state index in [1.54, 1.807) is 6.20 Å². The van der Waals surface area contributed by atoms with Crippen molar-refractivity contribution in [3.8, 4) is 0 Å². The number of nitrogen functional groups attached to an aromatic ring is 1. The summed E-state index contributed by atoms with van der Waals surface area (Å²) in [4.78, 5) is 6.64. The third-order valence-electron chi connectivity index (χ3n) is 2.65. The maximum absolute atomic E-state index is 5.62. The summed E-state index contributed by atoms with van der Waals surface area (Å²) >= 11 is 0. The van der Waals surface area contributed by atoms with Crippen LogP contribution in [0.25, 0.3) is 0 Å². The van der Waals surface area contributed by atoms with E-state index < -0.39 is 0 Å². The number of nitrogens with zero attached hydrogens (tertiary/aromatic N) is 2. The summed E-state index contributed by atoms with van der Waals surface area (Å²) < 4.78 is 0. The number of hydrogen-bond donors (Lipinski definition) is 2. The van der Waals surface area contributed by atoms with Gasteiger partial charge in [-0.25, -0.2) is 4.98 Å². The van der Waals surface area contributed by atoms with Crippen LogP contribution in [-0.2, 0) is 0 Å². The van der Waals surface area contributed by atoms with Gasteiger partial charge in [0.15, 0.2) is 0 Å². The number of aromatic nitrogens is 1. The minimum Gasteiger partial charge on any atom is -0.397 e. The fourth-order valence-corrected chi connectivity index (χ4v) is 2.10. The number of nitrogens with two attached hydrogens (primary N) is 1. The van der Waals surface area contributed by atoms with E-state index in [1.165, 1.54) is 0 Å². The highest BCUT2D eigenvalue weighted by molar-refractivity contribution is 5.46. The second kappa shape index (κ2) is 4.06. The lowest BCUT2D eigenvalue weighted by molar-refractivity contribution is 0.405. The number of piperazine rings is 1. The fourth-order valence-electron chi connectivity index (χ4n) is 2.10. The van der Waals surface area contributed by atoms with Gasteiger partial charge in [-0.15, -0.1) is 0 Å². The first kappa shape index (κ1) is 10.2. The summed E-state index contributed by atoms with van der Waals surface area (Å²) in [5, 5.41) is 3.50. The molecule has 0 amide bonds. The molecule has 82 valence electrons. The fraction of sp³-hybridized carbons (Fsp3) is 0.545. The smallest absolute Gasteiger partial charge is 0.128 e. The summed E-state index contributed by atoms with van der Waals surface area (Å²) in [6, 6.07) is 4.90. The van der Waals surface area contributed by atoms with Gasteiger partial charge in [-0.1, -0.05) is 0 Å². The van der Waals surface area contributed by atoms with E-state index >= 15 is 0 Å². The van der Waals surface area contributed by atoms with E-state index in [1.807, 2.05) is 12.1 Å². The maximum Gasteiger partial charge on any atom is 0.128 e. The van der Waals surface area contributed by atoms with E-state index in [-0.39, 0.29) is 0 Å². The highest BCUT2D eigenvalue weighted by atomic mass is 15.2. The van der Waals surface area contributed by atoms with E-state index in [2.05, 4.69) is 29.0 Å². The average Bonchev–Trinajstić information content (AvgIpc) is 2.17. The third-order valence-corrected chi connectivity index (χ3v) is 2.65. The van der Waals surface area contributed by atoms with Crippen molar-refractivity contribution in [2.45, 2.75) is 25.9 Å². The zero-order valence-corrected chi connectivity index (χ0v) is 9.27. The average molecular weight is 206 g/mol. The standard InChI is InChI=1S/C11H18N4/c1-8-6-15(7-9(2)14-8)11-4-3-10(12)5-13-11/h3-5,8-9,14H,6-7,12H2,1-2H3. The van der Waals surface area contributed by atoms with Crippen LogP contribution in [0.3, 0.4) is 0 Å². The van der Waals surface area contributed by atoms with Crippen LogP contribution in [0.2, 0.25) is 0 Å². The Bertz CT molecular complexity index is 312. The molecule has 3 N–H and O–H groups in total. The lowest BCUT2D eigenvalue weighted by Crippen LogP contribution is -2.54. The first-order valence-corrected chi connectivity index (χ1v) is 5.37. The van der Waals surface area contributed by atoms with Crippen LogP contribution in [0.5, 0.6) is 0 Å². The second-order valence-corrected chi connectivity index (χ2v) is 4.32. The van der Waals surface area contributed by atoms with Gasteiger partial charge < -0.3 is 16.0 Å². The Morgan fingerprint density at radius 3 is 2.53 bits per heavy atom. The molecule has 4 heteroatoms. The Morgan fingerprint density at radius 1 is 1.33 bits per heavy atom. The maximum atomic E-state index is 5.62. The number of anilines is 2. The normalized spacial score (nSPS) is 26.7. The molecule has 0 saturated carbocycles. The van der Waals surface area contributed by atoms with Crippen LogP contribution in [0.4, 0.5) is 11.5 Å². The molecular weight excluding hydrogens is 188 g/mol. The van der Waals surface area contributed by atoms with Crippen molar-refractivity contribution >= 4 is 11.5 Å². The molecule has 2 unspecified atom stereocenters. The van der Waals surface area contributed by atoms with Crippen LogP contribution in [-0.4, -0.2) is 30.2 Å². The van der Waals surface area contributed by atoms with Crippen LogP contribution in [0.15, 0.2) is 18.3 Å². The zero-order valence-electron chi connectivity index (χ0n) is 9.27. The number of pyridine rings is 1. The molecule has 2 heterocycles. The molecule has 4 nitrogen and oxygen atoms in total. The molecule has 2 atom stereocenters. The summed E-state index contributed by atoms with van der Waals surface area (Å²) in [6.45, 7) is 6.39. The Hall–Kier alpha value is -1.29. The van der Waals surface area contributed by atoms with Gasteiger partial charge >= 0.3 is 0 Å². The summed E-state index contributed by atoms with van der Waals surface area (Å²) in [7, 11) is 0. The molecule has 2 rings (SSSR count). The van der Waals surface area contributed by atoms with Gasteiger partial charge in [0.1, 0.15) is 5.82 Å². The Balaban J connectivity index is 2.12. The molecule has 0 aliphatic carbocycles. The molecule has 0 bridgehead atoms. The van der Waals surface area contributed by atoms with E-state index in [9.17, 15) is 0 Å². The van der Waals surface area contributed by atoms with Gasteiger partial charge in [-0.2, -0.15) is 0 Å². The van der Waals surface area contributed by atoms with Crippen molar-refractivity contribution in [3.63, 3.8) is 0 Å². The molecule has 1 aromatic rings. The van der Waals surface area contributed by atoms with Gasteiger partial charge in [-0.3, -0.25) is 0 Å². The first-order chi connectivity index (χ1) is 7.15.